The molecule has 306 valence electrons. The van der Waals surface area contributed by atoms with E-state index in [4.69, 9.17) is 28.4 Å². The number of ether oxygens (including phenoxy) is 6. The van der Waals surface area contributed by atoms with E-state index < -0.39 is 137 Å². The minimum absolute atomic E-state index is 0.390. The van der Waals surface area contributed by atoms with Gasteiger partial charge in [-0.3, -0.25) is 4.79 Å². The minimum Gasteiger partial charge on any atom is -0.394 e. The van der Waals surface area contributed by atoms with E-state index >= 15 is 0 Å². The first-order chi connectivity index (χ1) is 25.3. The SMILES string of the molecule is C/C=C/CC/C=C/CC/C=C/C(O)C(COC1OC(CO)C(OC2OC(CO)C(OC3OC(CO)C(O)C(O)C3O)C(O)C2O)C(O)C1O)NC(C)=O. The van der Waals surface area contributed by atoms with Gasteiger partial charge in [0, 0.05) is 6.92 Å². The van der Waals surface area contributed by atoms with E-state index in [2.05, 4.69) is 17.5 Å². The molecule has 3 aliphatic rings. The second-order valence-electron chi connectivity index (χ2n) is 13.1. The van der Waals surface area contributed by atoms with Gasteiger partial charge in [0.15, 0.2) is 18.9 Å². The van der Waals surface area contributed by atoms with E-state index in [9.17, 15) is 61.0 Å². The standard InChI is InChI=1S/C34H57NO18/c1-3-4-5-6-7-8-9-10-11-12-19(40)18(35-17(2)39)16-48-32-28(46)25(43)30(21(14-37)50-32)53-34-29(47)26(44)31(22(15-38)51-34)52-33-27(45)24(42)23(41)20(13-36)49-33/h3-4,7-8,11-12,18-34,36-38,40-47H,5-6,9-10,13-16H2,1-2H3,(H,35,39)/b4-3+,8-7+,12-11+. The third-order valence-electron chi connectivity index (χ3n) is 9.05. The van der Waals surface area contributed by atoms with Crippen LogP contribution >= 0.6 is 0 Å². The molecule has 3 fully saturated rings. The van der Waals surface area contributed by atoms with E-state index in [0.29, 0.717) is 6.42 Å². The first kappa shape index (κ1) is 45.4. The summed E-state index contributed by atoms with van der Waals surface area (Å²) in [6.45, 7) is 0.377. The number of carbonyl (C=O) groups is 1. The fourth-order valence-electron chi connectivity index (χ4n) is 6.02. The Balaban J connectivity index is 1.60. The number of aliphatic hydroxyl groups is 11. The third kappa shape index (κ3) is 12.5. The average Bonchev–Trinajstić information content (AvgIpc) is 3.14. The van der Waals surface area contributed by atoms with Gasteiger partial charge in [0.25, 0.3) is 0 Å². The van der Waals surface area contributed by atoms with Gasteiger partial charge >= 0.3 is 0 Å². The molecule has 3 saturated heterocycles. The molecule has 53 heavy (non-hydrogen) atoms. The van der Waals surface area contributed by atoms with Crippen molar-refractivity contribution in [3.8, 4) is 0 Å². The van der Waals surface area contributed by atoms with Crippen LogP contribution in [0, 0.1) is 0 Å². The molecule has 19 nitrogen and oxygen atoms in total. The fourth-order valence-corrected chi connectivity index (χ4v) is 6.02. The van der Waals surface area contributed by atoms with Crippen LogP contribution in [-0.2, 0) is 33.2 Å². The normalized spacial score (nSPS) is 39.5. The highest BCUT2D eigenvalue weighted by Crippen LogP contribution is 2.32. The Bertz CT molecular complexity index is 1150. The number of carbonyl (C=O) groups excluding carboxylic acids is 1. The van der Waals surface area contributed by atoms with Crippen molar-refractivity contribution in [2.45, 2.75) is 144 Å². The lowest BCUT2D eigenvalue weighted by Gasteiger charge is -2.48. The lowest BCUT2D eigenvalue weighted by molar-refractivity contribution is -0.379. The van der Waals surface area contributed by atoms with Crippen molar-refractivity contribution in [2.24, 2.45) is 0 Å². The molecular formula is C34H57NO18. The van der Waals surface area contributed by atoms with Crippen LogP contribution < -0.4 is 5.32 Å². The van der Waals surface area contributed by atoms with Crippen molar-refractivity contribution in [1.29, 1.82) is 0 Å². The van der Waals surface area contributed by atoms with E-state index in [1.54, 1.807) is 6.08 Å². The summed E-state index contributed by atoms with van der Waals surface area (Å²) < 4.78 is 33.3. The molecule has 12 N–H and O–H groups in total. The second-order valence-corrected chi connectivity index (χ2v) is 13.1. The molecule has 0 aromatic rings. The van der Waals surface area contributed by atoms with Crippen LogP contribution in [0.2, 0.25) is 0 Å². The molecule has 0 bridgehead atoms. The third-order valence-corrected chi connectivity index (χ3v) is 9.05. The molecule has 17 unspecified atom stereocenters. The van der Waals surface area contributed by atoms with E-state index in [-0.39, 0.29) is 0 Å². The van der Waals surface area contributed by atoms with Crippen LogP contribution in [0.5, 0.6) is 0 Å². The molecule has 1 amide bonds. The van der Waals surface area contributed by atoms with Gasteiger partial charge < -0.3 is 89.9 Å². The van der Waals surface area contributed by atoms with Gasteiger partial charge in [-0.05, 0) is 32.6 Å². The summed E-state index contributed by atoms with van der Waals surface area (Å²) in [4.78, 5) is 11.9. The van der Waals surface area contributed by atoms with Crippen molar-refractivity contribution in [2.75, 3.05) is 26.4 Å². The summed E-state index contributed by atoms with van der Waals surface area (Å²) in [5.74, 6) is -0.475. The molecule has 17 atom stereocenters. The van der Waals surface area contributed by atoms with Crippen LogP contribution in [-0.4, -0.2) is 193 Å². The zero-order valence-electron chi connectivity index (χ0n) is 29.7. The molecule has 0 spiro atoms. The monoisotopic (exact) mass is 767 g/mol. The van der Waals surface area contributed by atoms with Gasteiger partial charge in [-0.25, -0.2) is 0 Å². The van der Waals surface area contributed by atoms with E-state index in [1.807, 2.05) is 19.1 Å². The van der Waals surface area contributed by atoms with Crippen LogP contribution in [0.4, 0.5) is 0 Å². The summed E-state index contributed by atoms with van der Waals surface area (Å²) in [5.41, 5.74) is 0. The first-order valence-electron chi connectivity index (χ1n) is 17.6. The Morgan fingerprint density at radius 2 is 1.09 bits per heavy atom. The number of nitrogens with one attached hydrogen (secondary N) is 1. The Kier molecular flexibility index (Phi) is 19.3. The van der Waals surface area contributed by atoms with Gasteiger partial charge in [0.05, 0.1) is 38.6 Å². The number of rotatable bonds is 19. The second kappa shape index (κ2) is 22.5. The lowest BCUT2D eigenvalue weighted by atomic mass is 9.96. The predicted molar refractivity (Wildman–Crippen MR) is 180 cm³/mol. The molecule has 3 rings (SSSR count). The predicted octanol–water partition coefficient (Wildman–Crippen LogP) is -4.43. The van der Waals surface area contributed by atoms with Crippen molar-refractivity contribution in [1.82, 2.24) is 5.32 Å². The number of hydrogen-bond donors (Lipinski definition) is 12. The Morgan fingerprint density at radius 3 is 1.60 bits per heavy atom. The number of allylic oxidation sites excluding steroid dienone is 5. The van der Waals surface area contributed by atoms with Crippen molar-refractivity contribution < 1.29 is 89.4 Å². The molecule has 0 saturated carbocycles. The summed E-state index contributed by atoms with van der Waals surface area (Å²) >= 11 is 0. The van der Waals surface area contributed by atoms with Gasteiger partial charge in [0.2, 0.25) is 5.91 Å². The summed E-state index contributed by atoms with van der Waals surface area (Å²) in [5, 5.41) is 117. The maximum absolute atomic E-state index is 11.9. The number of hydrogen-bond acceptors (Lipinski definition) is 18. The molecule has 0 aromatic heterocycles. The van der Waals surface area contributed by atoms with Gasteiger partial charge in [0.1, 0.15) is 73.2 Å². The van der Waals surface area contributed by atoms with Crippen LogP contribution in [0.25, 0.3) is 0 Å². The molecule has 0 aromatic carbocycles. The molecule has 0 aliphatic carbocycles. The summed E-state index contributed by atoms with van der Waals surface area (Å²) in [6.07, 6.45) is -12.2. The molecule has 3 aliphatic heterocycles. The quantitative estimate of drug-likeness (QED) is 0.0436. The molecule has 0 radical (unpaired) electrons. The summed E-state index contributed by atoms with van der Waals surface area (Å²) in [7, 11) is 0. The largest absolute Gasteiger partial charge is 0.394 e. The van der Waals surface area contributed by atoms with Gasteiger partial charge in [-0.2, -0.15) is 0 Å². The Hall–Kier alpha value is -1.99. The van der Waals surface area contributed by atoms with Crippen molar-refractivity contribution >= 4 is 5.91 Å². The Morgan fingerprint density at radius 1 is 0.642 bits per heavy atom. The van der Waals surface area contributed by atoms with Crippen LogP contribution in [0.1, 0.15) is 39.5 Å². The number of aliphatic hydroxyl groups excluding tert-OH is 11. The highest BCUT2D eigenvalue weighted by atomic mass is 16.8. The lowest BCUT2D eigenvalue weighted by Crippen LogP contribution is -2.66. The Labute approximate surface area is 307 Å². The van der Waals surface area contributed by atoms with Gasteiger partial charge in [-0.15, -0.1) is 0 Å². The topological polar surface area (TPSA) is 307 Å². The zero-order valence-corrected chi connectivity index (χ0v) is 29.7. The van der Waals surface area contributed by atoms with Crippen molar-refractivity contribution in [3.05, 3.63) is 36.5 Å². The highest BCUT2D eigenvalue weighted by molar-refractivity contribution is 5.73. The molecule has 19 heteroatoms. The summed E-state index contributed by atoms with van der Waals surface area (Å²) in [6, 6.07) is -0.990. The number of amides is 1. The molecule has 3 heterocycles. The highest BCUT2D eigenvalue weighted by Gasteiger charge is 2.53. The van der Waals surface area contributed by atoms with Crippen molar-refractivity contribution in [3.63, 3.8) is 0 Å². The fraction of sp³-hybridized carbons (Fsp3) is 0.794. The smallest absolute Gasteiger partial charge is 0.217 e. The maximum atomic E-state index is 11.9. The number of unbranched alkanes of at least 4 members (excludes halogenated alkanes) is 2. The van der Waals surface area contributed by atoms with Crippen LogP contribution in [0.3, 0.4) is 0 Å². The van der Waals surface area contributed by atoms with E-state index in [1.165, 1.54) is 13.0 Å². The molecular weight excluding hydrogens is 710 g/mol. The van der Waals surface area contributed by atoms with Gasteiger partial charge in [-0.1, -0.05) is 36.5 Å². The zero-order chi connectivity index (χ0) is 39.2. The maximum Gasteiger partial charge on any atom is 0.217 e. The van der Waals surface area contributed by atoms with Crippen LogP contribution in [0.15, 0.2) is 36.5 Å². The minimum atomic E-state index is -1.97. The first-order valence-corrected chi connectivity index (χ1v) is 17.6. The average molecular weight is 768 g/mol. The van der Waals surface area contributed by atoms with E-state index in [0.717, 1.165) is 19.3 Å².